The molecule has 3 heteroatoms. The van der Waals surface area contributed by atoms with Crippen molar-refractivity contribution in [3.63, 3.8) is 0 Å². The SMILES string of the molecule is C1CCCCC1.CC1COC(=O)O1. The van der Waals surface area contributed by atoms with Gasteiger partial charge < -0.3 is 9.47 Å². The molecule has 13 heavy (non-hydrogen) atoms. The number of carbonyl (C=O) groups is 1. The van der Waals surface area contributed by atoms with Gasteiger partial charge in [0.2, 0.25) is 0 Å². The lowest BCUT2D eigenvalue weighted by Crippen LogP contribution is -2.01. The van der Waals surface area contributed by atoms with Crippen molar-refractivity contribution in [1.82, 2.24) is 0 Å². The van der Waals surface area contributed by atoms with Crippen LogP contribution in [0.2, 0.25) is 0 Å². The first kappa shape index (κ1) is 10.4. The van der Waals surface area contributed by atoms with E-state index in [-0.39, 0.29) is 6.10 Å². The Morgan fingerprint density at radius 2 is 1.54 bits per heavy atom. The number of carbonyl (C=O) groups excluding carboxylic acids is 1. The van der Waals surface area contributed by atoms with Crippen LogP contribution in [-0.2, 0) is 9.47 Å². The second kappa shape index (κ2) is 5.84. The zero-order chi connectivity index (χ0) is 9.52. The van der Waals surface area contributed by atoms with Gasteiger partial charge in [0.25, 0.3) is 0 Å². The second-order valence-corrected chi connectivity index (χ2v) is 3.61. The molecule has 1 atom stereocenters. The standard InChI is InChI=1S/C6H12.C4H6O3/c1-2-4-6-5-3-1;1-3-2-6-4(5)7-3/h1-6H2;3H,2H2,1H3. The highest BCUT2D eigenvalue weighted by molar-refractivity contribution is 5.61. The molecule has 1 saturated heterocycles. The van der Waals surface area contributed by atoms with Crippen LogP contribution in [-0.4, -0.2) is 18.9 Å². The van der Waals surface area contributed by atoms with Gasteiger partial charge >= 0.3 is 6.16 Å². The average Bonchev–Trinajstić information content (AvgIpc) is 2.54. The number of hydrogen-bond donors (Lipinski definition) is 0. The van der Waals surface area contributed by atoms with E-state index in [9.17, 15) is 4.79 Å². The third-order valence-corrected chi connectivity index (χ3v) is 2.23. The van der Waals surface area contributed by atoms with Gasteiger partial charge in [-0.25, -0.2) is 4.79 Å². The maximum Gasteiger partial charge on any atom is 0.508 e. The number of hydrogen-bond acceptors (Lipinski definition) is 3. The van der Waals surface area contributed by atoms with Crippen LogP contribution in [0.4, 0.5) is 4.79 Å². The summed E-state index contributed by atoms with van der Waals surface area (Å²) in [6.45, 7) is 2.18. The summed E-state index contributed by atoms with van der Waals surface area (Å²) in [6, 6.07) is 0. The summed E-state index contributed by atoms with van der Waals surface area (Å²) in [4.78, 5) is 10.0. The fourth-order valence-electron chi connectivity index (χ4n) is 1.48. The summed E-state index contributed by atoms with van der Waals surface area (Å²) >= 11 is 0. The van der Waals surface area contributed by atoms with Crippen LogP contribution in [0, 0.1) is 0 Å². The van der Waals surface area contributed by atoms with Gasteiger partial charge in [-0.1, -0.05) is 38.5 Å². The maximum absolute atomic E-state index is 10.0. The molecule has 2 fully saturated rings. The van der Waals surface area contributed by atoms with Gasteiger partial charge in [0, 0.05) is 0 Å². The molecule has 76 valence electrons. The molecule has 1 heterocycles. The van der Waals surface area contributed by atoms with Crippen LogP contribution in [0.1, 0.15) is 45.4 Å². The number of rotatable bonds is 0. The van der Waals surface area contributed by atoms with Gasteiger partial charge in [-0.2, -0.15) is 0 Å². The Balaban J connectivity index is 0.000000132. The lowest BCUT2D eigenvalue weighted by atomic mass is 10.0. The lowest BCUT2D eigenvalue weighted by Gasteiger charge is -2.05. The molecular weight excluding hydrogens is 168 g/mol. The van der Waals surface area contributed by atoms with Crippen LogP contribution < -0.4 is 0 Å². The van der Waals surface area contributed by atoms with Crippen molar-refractivity contribution in [2.75, 3.05) is 6.61 Å². The van der Waals surface area contributed by atoms with E-state index in [1.54, 1.807) is 6.92 Å². The molecule has 0 radical (unpaired) electrons. The van der Waals surface area contributed by atoms with Gasteiger partial charge in [-0.15, -0.1) is 0 Å². The fraction of sp³-hybridized carbons (Fsp3) is 0.900. The molecule has 0 aromatic carbocycles. The molecule has 1 aliphatic heterocycles. The highest BCUT2D eigenvalue weighted by atomic mass is 16.8. The predicted octanol–water partition coefficient (Wildman–Crippen LogP) is 2.88. The molecule has 2 aliphatic rings. The van der Waals surface area contributed by atoms with E-state index in [1.807, 2.05) is 0 Å². The fourth-order valence-corrected chi connectivity index (χ4v) is 1.48. The molecule has 0 aromatic heterocycles. The van der Waals surface area contributed by atoms with E-state index < -0.39 is 6.16 Å². The Kier molecular flexibility index (Phi) is 4.65. The van der Waals surface area contributed by atoms with Crippen LogP contribution >= 0.6 is 0 Å². The van der Waals surface area contributed by atoms with Crippen molar-refractivity contribution >= 4 is 6.16 Å². The molecule has 2 rings (SSSR count). The lowest BCUT2D eigenvalue weighted by molar-refractivity contribution is 0.121. The van der Waals surface area contributed by atoms with Gasteiger partial charge in [0.05, 0.1) is 0 Å². The van der Waals surface area contributed by atoms with Gasteiger partial charge in [0.1, 0.15) is 12.7 Å². The molecule has 0 amide bonds. The minimum absolute atomic E-state index is 0.0486. The molecule has 0 spiro atoms. The molecule has 0 N–H and O–H groups in total. The first-order valence-corrected chi connectivity index (χ1v) is 5.12. The Hall–Kier alpha value is -0.730. The molecule has 1 aliphatic carbocycles. The van der Waals surface area contributed by atoms with E-state index in [4.69, 9.17) is 0 Å². The number of cyclic esters (lactones) is 2. The Bertz CT molecular complexity index is 141. The molecule has 3 nitrogen and oxygen atoms in total. The summed E-state index contributed by atoms with van der Waals surface area (Å²) in [6.07, 6.45) is 8.40. The van der Waals surface area contributed by atoms with E-state index in [0.29, 0.717) is 6.61 Å². The van der Waals surface area contributed by atoms with Gasteiger partial charge in [-0.05, 0) is 6.92 Å². The van der Waals surface area contributed by atoms with Crippen molar-refractivity contribution in [3.8, 4) is 0 Å². The first-order chi connectivity index (χ1) is 6.29. The minimum Gasteiger partial charge on any atom is -0.430 e. The minimum atomic E-state index is -0.549. The van der Waals surface area contributed by atoms with Crippen LogP contribution in [0.15, 0.2) is 0 Å². The Morgan fingerprint density at radius 1 is 1.08 bits per heavy atom. The molecular formula is C10H18O3. The highest BCUT2D eigenvalue weighted by Crippen LogP contribution is 2.15. The normalized spacial score (nSPS) is 26.8. The van der Waals surface area contributed by atoms with Gasteiger partial charge in [0.15, 0.2) is 0 Å². The second-order valence-electron chi connectivity index (χ2n) is 3.61. The van der Waals surface area contributed by atoms with Crippen molar-refractivity contribution in [3.05, 3.63) is 0 Å². The summed E-state index contributed by atoms with van der Waals surface area (Å²) in [5.74, 6) is 0. The van der Waals surface area contributed by atoms with Crippen molar-refractivity contribution in [2.45, 2.75) is 51.6 Å². The van der Waals surface area contributed by atoms with Crippen LogP contribution in [0.5, 0.6) is 0 Å². The number of ether oxygens (including phenoxy) is 2. The van der Waals surface area contributed by atoms with E-state index >= 15 is 0 Å². The average molecular weight is 186 g/mol. The Labute approximate surface area is 79.4 Å². The monoisotopic (exact) mass is 186 g/mol. The largest absolute Gasteiger partial charge is 0.508 e. The first-order valence-electron chi connectivity index (χ1n) is 5.12. The highest BCUT2D eigenvalue weighted by Gasteiger charge is 2.19. The van der Waals surface area contributed by atoms with Crippen LogP contribution in [0.3, 0.4) is 0 Å². The quantitative estimate of drug-likeness (QED) is 0.546. The van der Waals surface area contributed by atoms with Crippen molar-refractivity contribution in [1.29, 1.82) is 0 Å². The summed E-state index contributed by atoms with van der Waals surface area (Å²) in [5, 5.41) is 0. The topological polar surface area (TPSA) is 35.5 Å². The molecule has 1 saturated carbocycles. The van der Waals surface area contributed by atoms with E-state index in [0.717, 1.165) is 0 Å². The van der Waals surface area contributed by atoms with Crippen molar-refractivity contribution in [2.24, 2.45) is 0 Å². The molecule has 0 aromatic rings. The summed E-state index contributed by atoms with van der Waals surface area (Å²) in [7, 11) is 0. The van der Waals surface area contributed by atoms with E-state index in [1.165, 1.54) is 38.5 Å². The summed E-state index contributed by atoms with van der Waals surface area (Å²) < 4.78 is 8.90. The third kappa shape index (κ3) is 4.76. The zero-order valence-corrected chi connectivity index (χ0v) is 8.25. The zero-order valence-electron chi connectivity index (χ0n) is 8.25. The van der Waals surface area contributed by atoms with E-state index in [2.05, 4.69) is 9.47 Å². The predicted molar refractivity (Wildman–Crippen MR) is 49.6 cm³/mol. The van der Waals surface area contributed by atoms with Crippen LogP contribution in [0.25, 0.3) is 0 Å². The molecule has 1 unspecified atom stereocenters. The Morgan fingerprint density at radius 3 is 1.69 bits per heavy atom. The maximum atomic E-state index is 10.0. The van der Waals surface area contributed by atoms with Gasteiger partial charge in [-0.3, -0.25) is 0 Å². The summed E-state index contributed by atoms with van der Waals surface area (Å²) in [5.41, 5.74) is 0. The third-order valence-electron chi connectivity index (χ3n) is 2.23. The van der Waals surface area contributed by atoms with Crippen molar-refractivity contribution < 1.29 is 14.3 Å². The smallest absolute Gasteiger partial charge is 0.430 e. The molecule has 0 bridgehead atoms.